The van der Waals surface area contributed by atoms with Crippen molar-refractivity contribution >= 4 is 5.91 Å². The number of hydrogen-bond donors (Lipinski definition) is 2. The van der Waals surface area contributed by atoms with Crippen molar-refractivity contribution in [2.24, 2.45) is 0 Å². The molecule has 0 aliphatic heterocycles. The molecular weight excluding hydrogens is 404 g/mol. The summed E-state index contributed by atoms with van der Waals surface area (Å²) in [5.41, 5.74) is 0.467. The number of nitrogens with zero attached hydrogens (tertiary/aromatic N) is 2. The monoisotopic (exact) mass is 427 g/mol. The van der Waals surface area contributed by atoms with E-state index in [0.29, 0.717) is 24.9 Å². The number of aromatic nitrogens is 2. The first kappa shape index (κ1) is 22.1. The quantitative estimate of drug-likeness (QED) is 0.572. The first-order chi connectivity index (χ1) is 14.9. The molecule has 6 nitrogen and oxygen atoms in total. The Morgan fingerprint density at radius 1 is 1.10 bits per heavy atom. The summed E-state index contributed by atoms with van der Waals surface area (Å²) in [6, 6.07) is 12.1. The molecule has 8 heteroatoms. The fourth-order valence-corrected chi connectivity index (χ4v) is 3.51. The number of nitrogens with one attached hydrogen (secondary N) is 1. The number of halogens is 2. The highest BCUT2D eigenvalue weighted by atomic mass is 19.1. The topological polar surface area (TPSA) is 86.3 Å². The number of amides is 1. The van der Waals surface area contributed by atoms with Gasteiger partial charge in [-0.1, -0.05) is 31.2 Å². The van der Waals surface area contributed by atoms with E-state index in [9.17, 15) is 23.5 Å². The summed E-state index contributed by atoms with van der Waals surface area (Å²) in [6.07, 6.45) is 1.97. The summed E-state index contributed by atoms with van der Waals surface area (Å²) in [5.74, 6) is -2.28. The second-order valence-electron chi connectivity index (χ2n) is 7.20. The molecule has 0 spiro atoms. The molecule has 2 N–H and O–H groups in total. The summed E-state index contributed by atoms with van der Waals surface area (Å²) in [5, 5.41) is 16.0. The van der Waals surface area contributed by atoms with Crippen LogP contribution in [-0.2, 0) is 0 Å². The standard InChI is InChI=1S/C23H23F2N3O3/c1-2-11-28(23(31)21-22(30)20(29)14-26-27-21)12-10-19(15-6-8-17(24)9-7-15)16-4-3-5-18(25)13-16/h3-9,13-14,19H,2,10-12H2,1H3,(H,26,30)(H,27,29). The molecule has 2 aromatic carbocycles. The van der Waals surface area contributed by atoms with Gasteiger partial charge in [0.2, 0.25) is 5.43 Å². The molecule has 1 unspecified atom stereocenters. The number of aromatic hydroxyl groups is 1. The number of aromatic amines is 1. The summed E-state index contributed by atoms with van der Waals surface area (Å²) in [6.45, 7) is 2.55. The molecule has 0 saturated heterocycles. The molecule has 1 aromatic heterocycles. The van der Waals surface area contributed by atoms with Crippen LogP contribution in [0.5, 0.6) is 5.75 Å². The van der Waals surface area contributed by atoms with E-state index in [1.807, 2.05) is 6.92 Å². The lowest BCUT2D eigenvalue weighted by Gasteiger charge is -2.26. The van der Waals surface area contributed by atoms with Crippen LogP contribution in [0.3, 0.4) is 0 Å². The summed E-state index contributed by atoms with van der Waals surface area (Å²) in [4.78, 5) is 26.1. The minimum atomic E-state index is -0.748. The van der Waals surface area contributed by atoms with E-state index < -0.39 is 17.1 Å². The van der Waals surface area contributed by atoms with Crippen molar-refractivity contribution in [2.75, 3.05) is 13.1 Å². The molecule has 1 amide bonds. The maximum absolute atomic E-state index is 13.9. The third-order valence-electron chi connectivity index (χ3n) is 5.03. The van der Waals surface area contributed by atoms with Crippen LogP contribution in [0, 0.1) is 11.6 Å². The SMILES string of the molecule is CCCN(CCC(c1ccc(F)cc1)c1cccc(F)c1)C(=O)c1[nH]ncc(=O)c1O. The van der Waals surface area contributed by atoms with E-state index in [4.69, 9.17) is 0 Å². The molecule has 162 valence electrons. The van der Waals surface area contributed by atoms with Crippen LogP contribution in [-0.4, -0.2) is 39.2 Å². The first-order valence-electron chi connectivity index (χ1n) is 9.97. The number of benzene rings is 2. The van der Waals surface area contributed by atoms with Crippen molar-refractivity contribution in [3.8, 4) is 5.75 Å². The van der Waals surface area contributed by atoms with Gasteiger partial charge in [-0.25, -0.2) is 8.78 Å². The lowest BCUT2D eigenvalue weighted by molar-refractivity contribution is 0.0741. The van der Waals surface area contributed by atoms with Gasteiger partial charge in [-0.3, -0.25) is 14.7 Å². The molecule has 31 heavy (non-hydrogen) atoms. The maximum atomic E-state index is 13.9. The second-order valence-corrected chi connectivity index (χ2v) is 7.20. The molecule has 1 atom stereocenters. The molecule has 0 bridgehead atoms. The van der Waals surface area contributed by atoms with E-state index in [1.165, 1.54) is 29.2 Å². The molecular formula is C23H23F2N3O3. The zero-order valence-electron chi connectivity index (χ0n) is 17.0. The first-order valence-corrected chi connectivity index (χ1v) is 9.97. The highest BCUT2D eigenvalue weighted by molar-refractivity contribution is 5.94. The smallest absolute Gasteiger partial charge is 0.275 e. The molecule has 0 aliphatic carbocycles. The van der Waals surface area contributed by atoms with Crippen LogP contribution in [0.25, 0.3) is 0 Å². The van der Waals surface area contributed by atoms with E-state index in [-0.39, 0.29) is 29.8 Å². The van der Waals surface area contributed by atoms with E-state index in [1.54, 1.807) is 24.3 Å². The summed E-state index contributed by atoms with van der Waals surface area (Å²) >= 11 is 0. The van der Waals surface area contributed by atoms with E-state index >= 15 is 0 Å². The molecule has 0 aliphatic rings. The summed E-state index contributed by atoms with van der Waals surface area (Å²) in [7, 11) is 0. The average Bonchev–Trinajstić information content (AvgIpc) is 2.76. The molecule has 0 saturated carbocycles. The van der Waals surface area contributed by atoms with E-state index in [0.717, 1.165) is 11.8 Å². The van der Waals surface area contributed by atoms with E-state index in [2.05, 4.69) is 10.2 Å². The van der Waals surface area contributed by atoms with Gasteiger partial charge in [0.1, 0.15) is 11.6 Å². The molecule has 0 fully saturated rings. The minimum absolute atomic E-state index is 0.265. The predicted octanol–water partition coefficient (Wildman–Crippen LogP) is 3.83. The van der Waals surface area contributed by atoms with Crippen molar-refractivity contribution < 1.29 is 18.7 Å². The maximum Gasteiger partial charge on any atom is 0.275 e. The predicted molar refractivity (Wildman–Crippen MR) is 112 cm³/mol. The van der Waals surface area contributed by atoms with Gasteiger partial charge >= 0.3 is 0 Å². The molecule has 1 heterocycles. The molecule has 3 rings (SSSR count). The Kier molecular flexibility index (Phi) is 7.12. The van der Waals surface area contributed by atoms with Gasteiger partial charge in [0.15, 0.2) is 11.4 Å². The van der Waals surface area contributed by atoms with Gasteiger partial charge in [0.05, 0.1) is 6.20 Å². The van der Waals surface area contributed by atoms with Crippen LogP contribution >= 0.6 is 0 Å². The van der Waals surface area contributed by atoms with Crippen LogP contribution in [0.15, 0.2) is 59.5 Å². The average molecular weight is 427 g/mol. The largest absolute Gasteiger partial charge is 0.502 e. The zero-order chi connectivity index (χ0) is 22.4. The Morgan fingerprint density at radius 3 is 2.52 bits per heavy atom. The Morgan fingerprint density at radius 2 is 1.84 bits per heavy atom. The van der Waals surface area contributed by atoms with Crippen molar-refractivity contribution in [3.05, 3.63) is 93.4 Å². The zero-order valence-corrected chi connectivity index (χ0v) is 17.0. The Labute approximate surface area is 178 Å². The highest BCUT2D eigenvalue weighted by Gasteiger charge is 2.23. The molecule has 0 radical (unpaired) electrons. The number of carbonyl (C=O) groups is 1. The number of rotatable bonds is 8. The number of carbonyl (C=O) groups excluding carboxylic acids is 1. The van der Waals surface area contributed by atoms with Crippen LogP contribution < -0.4 is 5.43 Å². The lowest BCUT2D eigenvalue weighted by Crippen LogP contribution is -2.35. The van der Waals surface area contributed by atoms with Gasteiger partial charge in [-0.05, 0) is 48.2 Å². The van der Waals surface area contributed by atoms with Gasteiger partial charge in [0.25, 0.3) is 5.91 Å². The van der Waals surface area contributed by atoms with Gasteiger partial charge in [0, 0.05) is 19.0 Å². The van der Waals surface area contributed by atoms with Gasteiger partial charge in [-0.15, -0.1) is 0 Å². The van der Waals surface area contributed by atoms with Crippen LogP contribution in [0.4, 0.5) is 8.78 Å². The Balaban J connectivity index is 1.88. The third-order valence-corrected chi connectivity index (χ3v) is 5.03. The Hall–Kier alpha value is -3.55. The highest BCUT2D eigenvalue weighted by Crippen LogP contribution is 2.29. The van der Waals surface area contributed by atoms with Crippen molar-refractivity contribution in [2.45, 2.75) is 25.7 Å². The summed E-state index contributed by atoms with van der Waals surface area (Å²) < 4.78 is 27.3. The van der Waals surface area contributed by atoms with Crippen molar-refractivity contribution in [1.29, 1.82) is 0 Å². The Bertz CT molecular complexity index is 1100. The van der Waals surface area contributed by atoms with Crippen LogP contribution in [0.1, 0.15) is 47.3 Å². The fraction of sp³-hybridized carbons (Fsp3) is 0.261. The van der Waals surface area contributed by atoms with Gasteiger partial charge < -0.3 is 10.0 Å². The second kappa shape index (κ2) is 9.97. The van der Waals surface area contributed by atoms with Crippen molar-refractivity contribution in [3.63, 3.8) is 0 Å². The number of hydrogen-bond acceptors (Lipinski definition) is 4. The molecule has 3 aromatic rings. The fourth-order valence-electron chi connectivity index (χ4n) is 3.51. The lowest BCUT2D eigenvalue weighted by atomic mass is 9.88. The normalized spacial score (nSPS) is 11.8. The number of H-pyrrole nitrogens is 1. The van der Waals surface area contributed by atoms with Gasteiger partial charge in [-0.2, -0.15) is 5.10 Å². The van der Waals surface area contributed by atoms with Crippen LogP contribution in [0.2, 0.25) is 0 Å². The minimum Gasteiger partial charge on any atom is -0.502 e. The third kappa shape index (κ3) is 5.33. The van der Waals surface area contributed by atoms with Crippen molar-refractivity contribution in [1.82, 2.24) is 15.1 Å².